The van der Waals surface area contributed by atoms with Gasteiger partial charge in [-0.1, -0.05) is 30.3 Å². The number of hydrogen-bond donors (Lipinski definition) is 0. The fourth-order valence-corrected chi connectivity index (χ4v) is 3.80. The van der Waals surface area contributed by atoms with E-state index >= 15 is 0 Å². The van der Waals surface area contributed by atoms with Crippen LogP contribution in [0.25, 0.3) is 11.4 Å². The molecule has 0 saturated carbocycles. The molecule has 0 amide bonds. The van der Waals surface area contributed by atoms with E-state index < -0.39 is 0 Å². The van der Waals surface area contributed by atoms with Crippen molar-refractivity contribution in [1.82, 2.24) is 24.2 Å². The van der Waals surface area contributed by atoms with Crippen LogP contribution in [0.15, 0.2) is 42.7 Å². The summed E-state index contributed by atoms with van der Waals surface area (Å²) in [4.78, 5) is 18.0. The van der Waals surface area contributed by atoms with E-state index in [0.717, 1.165) is 61.5 Å². The van der Waals surface area contributed by atoms with Gasteiger partial charge in [0, 0.05) is 56.6 Å². The van der Waals surface area contributed by atoms with Gasteiger partial charge in [-0.2, -0.15) is 9.36 Å². The molecule has 1 aromatic carbocycles. The molecule has 3 aromatic rings. The van der Waals surface area contributed by atoms with E-state index in [1.807, 2.05) is 6.92 Å². The highest BCUT2D eigenvalue weighted by Gasteiger charge is 2.20. The van der Waals surface area contributed by atoms with Crippen LogP contribution in [-0.4, -0.2) is 56.9 Å². The van der Waals surface area contributed by atoms with Crippen molar-refractivity contribution in [2.75, 3.05) is 37.6 Å². The van der Waals surface area contributed by atoms with Crippen LogP contribution in [0.4, 0.5) is 5.13 Å². The molecule has 0 aliphatic carbocycles. The van der Waals surface area contributed by atoms with Crippen molar-refractivity contribution in [3.8, 4) is 11.4 Å². The van der Waals surface area contributed by atoms with Crippen LogP contribution in [0.3, 0.4) is 0 Å². The van der Waals surface area contributed by atoms with Gasteiger partial charge in [-0.15, -0.1) is 0 Å². The summed E-state index contributed by atoms with van der Waals surface area (Å²) < 4.78 is 4.48. The standard InChI is InChI=1S/C19H22N6S/c1-15-20-13-17(14-21-15)18-22-19(26-23-18)25-11-9-24(10-12-25)8-7-16-5-3-2-4-6-16/h2-6,13-14H,7-12H2,1H3. The molecule has 0 bridgehead atoms. The van der Waals surface area contributed by atoms with E-state index in [4.69, 9.17) is 0 Å². The van der Waals surface area contributed by atoms with Crippen LogP contribution in [0, 0.1) is 6.92 Å². The highest BCUT2D eigenvalue weighted by atomic mass is 32.1. The summed E-state index contributed by atoms with van der Waals surface area (Å²) >= 11 is 1.46. The summed E-state index contributed by atoms with van der Waals surface area (Å²) in [7, 11) is 0. The van der Waals surface area contributed by atoms with Crippen LogP contribution in [0.1, 0.15) is 11.4 Å². The predicted molar refractivity (Wildman–Crippen MR) is 104 cm³/mol. The van der Waals surface area contributed by atoms with E-state index in [2.05, 4.69) is 59.5 Å². The molecule has 1 aliphatic rings. The molecule has 26 heavy (non-hydrogen) atoms. The van der Waals surface area contributed by atoms with Crippen LogP contribution in [0.2, 0.25) is 0 Å². The first-order chi connectivity index (χ1) is 12.8. The second-order valence-corrected chi connectivity index (χ2v) is 7.21. The number of piperazine rings is 1. The van der Waals surface area contributed by atoms with Gasteiger partial charge in [0.05, 0.1) is 5.56 Å². The van der Waals surface area contributed by atoms with E-state index in [-0.39, 0.29) is 0 Å². The molecule has 0 N–H and O–H groups in total. The van der Waals surface area contributed by atoms with Crippen LogP contribution >= 0.6 is 11.5 Å². The zero-order chi connectivity index (χ0) is 17.8. The topological polar surface area (TPSA) is 58.0 Å². The van der Waals surface area contributed by atoms with Gasteiger partial charge < -0.3 is 4.90 Å². The van der Waals surface area contributed by atoms with Crippen molar-refractivity contribution in [3.63, 3.8) is 0 Å². The highest BCUT2D eigenvalue weighted by molar-refractivity contribution is 7.09. The second-order valence-electron chi connectivity index (χ2n) is 6.48. The van der Waals surface area contributed by atoms with Crippen molar-refractivity contribution < 1.29 is 0 Å². The zero-order valence-corrected chi connectivity index (χ0v) is 15.7. The third-order valence-corrected chi connectivity index (χ3v) is 5.43. The van der Waals surface area contributed by atoms with Crippen molar-refractivity contribution in [1.29, 1.82) is 0 Å². The fourth-order valence-electron chi connectivity index (χ4n) is 3.06. The summed E-state index contributed by atoms with van der Waals surface area (Å²) in [6, 6.07) is 10.7. The van der Waals surface area contributed by atoms with Crippen LogP contribution < -0.4 is 4.90 Å². The van der Waals surface area contributed by atoms with Crippen LogP contribution in [-0.2, 0) is 6.42 Å². The summed E-state index contributed by atoms with van der Waals surface area (Å²) in [5.41, 5.74) is 2.28. The SMILES string of the molecule is Cc1ncc(-c2nsc(N3CCN(CCc4ccccc4)CC3)n2)cn1. The lowest BCUT2D eigenvalue weighted by Crippen LogP contribution is -2.47. The van der Waals surface area contributed by atoms with Gasteiger partial charge in [0.25, 0.3) is 0 Å². The van der Waals surface area contributed by atoms with Crippen molar-refractivity contribution in [2.45, 2.75) is 13.3 Å². The molecule has 1 saturated heterocycles. The first-order valence-corrected chi connectivity index (χ1v) is 9.69. The summed E-state index contributed by atoms with van der Waals surface area (Å²) in [5, 5.41) is 0.989. The number of anilines is 1. The van der Waals surface area contributed by atoms with Gasteiger partial charge in [0.2, 0.25) is 5.13 Å². The Morgan fingerprint density at radius 3 is 2.46 bits per heavy atom. The maximum absolute atomic E-state index is 4.69. The zero-order valence-electron chi connectivity index (χ0n) is 14.9. The van der Waals surface area contributed by atoms with Crippen LogP contribution in [0.5, 0.6) is 0 Å². The summed E-state index contributed by atoms with van der Waals surface area (Å²) in [5.74, 6) is 1.48. The van der Waals surface area contributed by atoms with Gasteiger partial charge in [0.15, 0.2) is 5.82 Å². The molecular formula is C19H22N6S. The number of benzene rings is 1. The van der Waals surface area contributed by atoms with E-state index in [9.17, 15) is 0 Å². The first kappa shape index (κ1) is 17.1. The molecule has 1 aliphatic heterocycles. The lowest BCUT2D eigenvalue weighted by Gasteiger charge is -2.34. The van der Waals surface area contributed by atoms with Gasteiger partial charge >= 0.3 is 0 Å². The molecule has 0 unspecified atom stereocenters. The summed E-state index contributed by atoms with van der Waals surface area (Å²) in [6.45, 7) is 7.10. The minimum Gasteiger partial charge on any atom is -0.344 e. The largest absolute Gasteiger partial charge is 0.344 e. The Balaban J connectivity index is 1.31. The highest BCUT2D eigenvalue weighted by Crippen LogP contribution is 2.24. The molecule has 1 fully saturated rings. The number of nitrogens with zero attached hydrogens (tertiary/aromatic N) is 6. The third-order valence-electron chi connectivity index (χ3n) is 4.66. The van der Waals surface area contributed by atoms with Gasteiger partial charge in [-0.25, -0.2) is 9.97 Å². The van der Waals surface area contributed by atoms with Crippen molar-refractivity contribution in [2.24, 2.45) is 0 Å². The van der Waals surface area contributed by atoms with E-state index in [1.165, 1.54) is 17.1 Å². The maximum Gasteiger partial charge on any atom is 0.205 e. The van der Waals surface area contributed by atoms with E-state index in [1.54, 1.807) is 12.4 Å². The van der Waals surface area contributed by atoms with E-state index in [0.29, 0.717) is 0 Å². The van der Waals surface area contributed by atoms with Crippen molar-refractivity contribution >= 4 is 16.7 Å². The Bertz CT molecular complexity index is 825. The fraction of sp³-hybridized carbons (Fsp3) is 0.368. The molecule has 0 spiro atoms. The lowest BCUT2D eigenvalue weighted by molar-refractivity contribution is 0.261. The number of aryl methyl sites for hydroxylation is 1. The van der Waals surface area contributed by atoms with Crippen molar-refractivity contribution in [3.05, 3.63) is 54.1 Å². The van der Waals surface area contributed by atoms with Gasteiger partial charge in [0.1, 0.15) is 5.82 Å². The number of hydrogen-bond acceptors (Lipinski definition) is 7. The Hall–Kier alpha value is -2.38. The maximum atomic E-state index is 4.69. The molecule has 0 radical (unpaired) electrons. The Morgan fingerprint density at radius 2 is 1.73 bits per heavy atom. The quantitative estimate of drug-likeness (QED) is 0.692. The average Bonchev–Trinajstić information content (AvgIpc) is 3.18. The smallest absolute Gasteiger partial charge is 0.205 e. The first-order valence-electron chi connectivity index (χ1n) is 8.92. The monoisotopic (exact) mass is 366 g/mol. The molecule has 2 aromatic heterocycles. The molecule has 3 heterocycles. The number of aromatic nitrogens is 4. The normalized spacial score (nSPS) is 15.3. The Labute approximate surface area is 157 Å². The average molecular weight is 366 g/mol. The minimum absolute atomic E-state index is 0.719. The summed E-state index contributed by atoms with van der Waals surface area (Å²) in [6.07, 6.45) is 4.68. The van der Waals surface area contributed by atoms with Gasteiger partial charge in [-0.3, -0.25) is 4.90 Å². The third kappa shape index (κ3) is 4.05. The molecule has 6 nitrogen and oxygen atoms in total. The minimum atomic E-state index is 0.719. The molecule has 7 heteroatoms. The molecule has 0 atom stereocenters. The Morgan fingerprint density at radius 1 is 1.00 bits per heavy atom. The lowest BCUT2D eigenvalue weighted by atomic mass is 10.1. The molecular weight excluding hydrogens is 344 g/mol. The second kappa shape index (κ2) is 7.88. The molecule has 134 valence electrons. The Kier molecular flexibility index (Phi) is 5.17. The predicted octanol–water partition coefficient (Wildman–Crippen LogP) is 2.67. The number of rotatable bonds is 5. The van der Waals surface area contributed by atoms with Gasteiger partial charge in [-0.05, 0) is 18.9 Å². The molecule has 4 rings (SSSR count).